The normalized spacial score (nSPS) is 29.7. The average Bonchev–Trinajstić information content (AvgIpc) is 3.13. The number of carbonyl (C=O) groups is 1. The van der Waals surface area contributed by atoms with Crippen molar-refractivity contribution in [2.24, 2.45) is 15.6 Å². The summed E-state index contributed by atoms with van der Waals surface area (Å²) in [4.78, 5) is 16.2. The summed E-state index contributed by atoms with van der Waals surface area (Å²) >= 11 is 0. The molecule has 1 N–H and O–H groups in total. The molecule has 3 aliphatic heterocycles. The van der Waals surface area contributed by atoms with Crippen LogP contribution in [0.1, 0.15) is 71.8 Å². The lowest BCUT2D eigenvalue weighted by Gasteiger charge is -2.48. The van der Waals surface area contributed by atoms with Crippen LogP contribution in [0.15, 0.2) is 57.0 Å². The van der Waals surface area contributed by atoms with Gasteiger partial charge in [-0.25, -0.2) is 0 Å². The summed E-state index contributed by atoms with van der Waals surface area (Å²) in [5.74, 6) is 0.273. The van der Waals surface area contributed by atoms with Crippen LogP contribution in [0, 0.1) is 5.41 Å². The second kappa shape index (κ2) is 7.32. The van der Waals surface area contributed by atoms with Gasteiger partial charge in [0.1, 0.15) is 0 Å². The summed E-state index contributed by atoms with van der Waals surface area (Å²) in [6, 6.07) is 8.95. The molecule has 5 nitrogen and oxygen atoms in total. The van der Waals surface area contributed by atoms with Gasteiger partial charge in [0.2, 0.25) is 0 Å². The summed E-state index contributed by atoms with van der Waals surface area (Å²) in [7, 11) is 0. The van der Waals surface area contributed by atoms with Gasteiger partial charge in [0, 0.05) is 42.0 Å². The zero-order valence-electron chi connectivity index (χ0n) is 19.3. The summed E-state index contributed by atoms with van der Waals surface area (Å²) in [6.45, 7) is 10.9. The molecular weight excluding hydrogens is 384 g/mol. The number of carbonyl (C=O) groups excluding carboxylic acids is 1. The van der Waals surface area contributed by atoms with Gasteiger partial charge in [-0.2, -0.15) is 10.2 Å². The number of nitrogens with zero attached hydrogens (tertiary/aromatic N) is 3. The highest BCUT2D eigenvalue weighted by molar-refractivity contribution is 6.01. The Morgan fingerprint density at radius 3 is 2.68 bits per heavy atom. The van der Waals surface area contributed by atoms with E-state index in [1.807, 2.05) is 6.92 Å². The molecule has 2 atom stereocenters. The van der Waals surface area contributed by atoms with E-state index >= 15 is 0 Å². The summed E-state index contributed by atoms with van der Waals surface area (Å²) in [5, 5.41) is 12.6. The van der Waals surface area contributed by atoms with Gasteiger partial charge in [0.25, 0.3) is 0 Å². The lowest BCUT2D eigenvalue weighted by molar-refractivity contribution is -0.119. The van der Waals surface area contributed by atoms with Gasteiger partial charge in [0.05, 0.1) is 11.1 Å². The quantitative estimate of drug-likeness (QED) is 0.691. The van der Waals surface area contributed by atoms with Gasteiger partial charge in [-0.15, -0.1) is 0 Å². The molecule has 0 radical (unpaired) electrons. The van der Waals surface area contributed by atoms with Crippen molar-refractivity contribution in [3.8, 4) is 0 Å². The SMILES string of the molecule is CCC1(c2cccc(N3CCCCC3)c2)C2=C(CC(C)(C)CC2=O)NC2N=NC(C)=C21. The fourth-order valence-corrected chi connectivity index (χ4v) is 6.33. The van der Waals surface area contributed by atoms with Crippen LogP contribution in [-0.2, 0) is 10.2 Å². The Balaban J connectivity index is 1.71. The van der Waals surface area contributed by atoms with Crippen molar-refractivity contribution in [3.63, 3.8) is 0 Å². The first kappa shape index (κ1) is 20.5. The van der Waals surface area contributed by atoms with Crippen LogP contribution in [0.25, 0.3) is 0 Å². The zero-order valence-corrected chi connectivity index (χ0v) is 19.3. The number of ketones is 1. The van der Waals surface area contributed by atoms with E-state index in [1.165, 1.54) is 30.5 Å². The van der Waals surface area contributed by atoms with Gasteiger partial charge in [0.15, 0.2) is 11.9 Å². The number of anilines is 1. The lowest BCUT2D eigenvalue weighted by Crippen LogP contribution is -2.51. The Kier molecular flexibility index (Phi) is 4.83. The Morgan fingerprint density at radius 1 is 1.16 bits per heavy atom. The molecule has 1 aromatic carbocycles. The molecule has 5 rings (SSSR count). The molecule has 0 bridgehead atoms. The predicted molar refractivity (Wildman–Crippen MR) is 124 cm³/mol. The topological polar surface area (TPSA) is 57.1 Å². The van der Waals surface area contributed by atoms with E-state index in [-0.39, 0.29) is 17.4 Å². The van der Waals surface area contributed by atoms with E-state index in [0.717, 1.165) is 48.5 Å². The molecule has 0 saturated carbocycles. The Morgan fingerprint density at radius 2 is 1.94 bits per heavy atom. The fourth-order valence-electron chi connectivity index (χ4n) is 6.33. The highest BCUT2D eigenvalue weighted by atomic mass is 16.1. The molecule has 1 aliphatic carbocycles. The first-order valence-corrected chi connectivity index (χ1v) is 11.9. The third-order valence-corrected chi connectivity index (χ3v) is 7.65. The third-order valence-electron chi connectivity index (χ3n) is 7.65. The molecule has 1 fully saturated rings. The zero-order chi connectivity index (χ0) is 21.8. The number of Topliss-reactive ketones (excluding diaryl/α,β-unsaturated/α-hetero) is 1. The van der Waals surface area contributed by atoms with Crippen molar-refractivity contribution in [2.45, 2.75) is 77.8 Å². The first-order chi connectivity index (χ1) is 14.9. The maximum Gasteiger partial charge on any atom is 0.165 e. The number of hydrogen-bond donors (Lipinski definition) is 1. The van der Waals surface area contributed by atoms with Crippen molar-refractivity contribution in [1.29, 1.82) is 0 Å². The highest BCUT2D eigenvalue weighted by Crippen LogP contribution is 2.55. The minimum atomic E-state index is -0.460. The minimum absolute atomic E-state index is 0.0376. The van der Waals surface area contributed by atoms with Gasteiger partial charge in [-0.05, 0) is 62.1 Å². The molecule has 1 saturated heterocycles. The Hall–Kier alpha value is -2.43. The maximum atomic E-state index is 13.7. The number of benzene rings is 1. The first-order valence-electron chi connectivity index (χ1n) is 11.9. The molecule has 0 aromatic heterocycles. The maximum absolute atomic E-state index is 13.7. The second-order valence-corrected chi connectivity index (χ2v) is 10.4. The van der Waals surface area contributed by atoms with E-state index in [9.17, 15) is 4.79 Å². The van der Waals surface area contributed by atoms with Gasteiger partial charge >= 0.3 is 0 Å². The molecule has 4 aliphatic rings. The molecule has 1 aromatic rings. The van der Waals surface area contributed by atoms with Crippen LogP contribution in [0.3, 0.4) is 0 Å². The Bertz CT molecular complexity index is 1010. The van der Waals surface area contributed by atoms with Crippen molar-refractivity contribution in [3.05, 3.63) is 52.4 Å². The number of hydrogen-bond acceptors (Lipinski definition) is 5. The van der Waals surface area contributed by atoms with Crippen LogP contribution in [-0.4, -0.2) is 25.0 Å². The standard InChI is InChI=1S/C26H34N4O/c1-5-26(18-10-9-11-19(14-18)30-12-7-6-8-13-30)22-17(2)28-29-24(22)27-20-15-25(3,4)16-21(31)23(20)26/h9-11,14,24,27H,5-8,12-13,15-16H2,1-4H3. The number of piperidine rings is 1. The number of nitrogens with one attached hydrogen (secondary N) is 1. The van der Waals surface area contributed by atoms with Crippen molar-refractivity contribution in [1.82, 2.24) is 5.32 Å². The highest BCUT2D eigenvalue weighted by Gasteiger charge is 2.53. The number of azo groups is 1. The van der Waals surface area contributed by atoms with E-state index in [2.05, 4.69) is 65.5 Å². The third kappa shape index (κ3) is 3.16. The predicted octanol–water partition coefficient (Wildman–Crippen LogP) is 5.64. The van der Waals surface area contributed by atoms with Crippen molar-refractivity contribution < 1.29 is 4.79 Å². The summed E-state index contributed by atoms with van der Waals surface area (Å²) in [6.07, 6.45) is 5.95. The van der Waals surface area contributed by atoms with E-state index in [1.54, 1.807) is 0 Å². The molecule has 3 heterocycles. The molecular formula is C26H34N4O. The van der Waals surface area contributed by atoms with Gasteiger partial charge in [-0.3, -0.25) is 4.79 Å². The molecule has 164 valence electrons. The van der Waals surface area contributed by atoms with Crippen molar-refractivity contribution in [2.75, 3.05) is 18.0 Å². The van der Waals surface area contributed by atoms with Crippen molar-refractivity contribution >= 4 is 11.5 Å². The molecule has 5 heteroatoms. The average molecular weight is 419 g/mol. The van der Waals surface area contributed by atoms with Crippen LogP contribution in [0.5, 0.6) is 0 Å². The smallest absolute Gasteiger partial charge is 0.165 e. The second-order valence-electron chi connectivity index (χ2n) is 10.4. The van der Waals surface area contributed by atoms with E-state index in [4.69, 9.17) is 0 Å². The number of rotatable bonds is 3. The van der Waals surface area contributed by atoms with Crippen LogP contribution < -0.4 is 10.2 Å². The molecule has 2 unspecified atom stereocenters. The van der Waals surface area contributed by atoms with Gasteiger partial charge in [-0.1, -0.05) is 32.9 Å². The largest absolute Gasteiger partial charge is 0.372 e. The van der Waals surface area contributed by atoms with E-state index in [0.29, 0.717) is 6.42 Å². The lowest BCUT2D eigenvalue weighted by atomic mass is 9.58. The number of allylic oxidation sites excluding steroid dienone is 3. The van der Waals surface area contributed by atoms with Gasteiger partial charge < -0.3 is 10.2 Å². The fraction of sp³-hybridized carbons (Fsp3) is 0.577. The molecule has 0 spiro atoms. The molecule has 0 amide bonds. The summed E-state index contributed by atoms with van der Waals surface area (Å²) in [5.41, 5.74) is 6.14. The monoisotopic (exact) mass is 418 g/mol. The molecule has 31 heavy (non-hydrogen) atoms. The van der Waals surface area contributed by atoms with Crippen LogP contribution in [0.4, 0.5) is 5.69 Å². The van der Waals surface area contributed by atoms with Crippen LogP contribution in [0.2, 0.25) is 0 Å². The summed E-state index contributed by atoms with van der Waals surface area (Å²) < 4.78 is 0. The Labute approximate surface area is 185 Å². The van der Waals surface area contributed by atoms with Crippen LogP contribution >= 0.6 is 0 Å². The minimum Gasteiger partial charge on any atom is -0.372 e. The number of fused-ring (bicyclic) bond motifs is 1. The van der Waals surface area contributed by atoms with E-state index < -0.39 is 5.41 Å².